The maximum absolute atomic E-state index is 4.53. The third-order valence-electron chi connectivity index (χ3n) is 3.04. The van der Waals surface area contributed by atoms with Gasteiger partial charge in [0.1, 0.15) is 5.82 Å². The predicted octanol–water partition coefficient (Wildman–Crippen LogP) is 4.44. The second-order valence-corrected chi connectivity index (χ2v) is 5.55. The number of thiophene rings is 1. The third kappa shape index (κ3) is 3.95. The smallest absolute Gasteiger partial charge is 0.191 e. The number of hydrogen-bond donors (Lipinski definition) is 1. The van der Waals surface area contributed by atoms with Gasteiger partial charge in [-0.3, -0.25) is 5.10 Å². The molecule has 0 saturated carbocycles. The van der Waals surface area contributed by atoms with E-state index in [1.807, 2.05) is 6.07 Å². The summed E-state index contributed by atoms with van der Waals surface area (Å²) in [7, 11) is 0. The van der Waals surface area contributed by atoms with E-state index in [0.717, 1.165) is 22.9 Å². The average Bonchev–Trinajstić information content (AvgIpc) is 3.03. The van der Waals surface area contributed by atoms with Gasteiger partial charge in [-0.2, -0.15) is 5.10 Å². The fourth-order valence-corrected chi connectivity index (χ4v) is 2.65. The van der Waals surface area contributed by atoms with Crippen molar-refractivity contribution >= 4 is 11.3 Å². The molecule has 1 N–H and O–H groups in total. The van der Waals surface area contributed by atoms with Gasteiger partial charge in [0.05, 0.1) is 4.88 Å². The van der Waals surface area contributed by atoms with Gasteiger partial charge in [0.15, 0.2) is 5.82 Å². The second kappa shape index (κ2) is 7.31. The topological polar surface area (TPSA) is 41.6 Å². The van der Waals surface area contributed by atoms with Gasteiger partial charge >= 0.3 is 0 Å². The zero-order valence-electron chi connectivity index (χ0n) is 11.0. The number of aromatic amines is 1. The highest BCUT2D eigenvalue weighted by atomic mass is 32.1. The minimum atomic E-state index is 0.839. The van der Waals surface area contributed by atoms with Crippen LogP contribution in [0, 0.1) is 0 Å². The van der Waals surface area contributed by atoms with Crippen molar-refractivity contribution < 1.29 is 0 Å². The fraction of sp³-hybridized carbons (Fsp3) is 0.571. The largest absolute Gasteiger partial charge is 0.263 e. The molecule has 4 heteroatoms. The summed E-state index contributed by atoms with van der Waals surface area (Å²) in [6, 6.07) is 4.09. The first-order valence-corrected chi connectivity index (χ1v) is 7.73. The molecular formula is C14H21N3S. The molecule has 2 rings (SSSR count). The van der Waals surface area contributed by atoms with E-state index in [-0.39, 0.29) is 0 Å². The van der Waals surface area contributed by atoms with Gasteiger partial charge in [0.25, 0.3) is 0 Å². The Balaban J connectivity index is 1.71. The van der Waals surface area contributed by atoms with E-state index >= 15 is 0 Å². The molecule has 0 aromatic carbocycles. The highest BCUT2D eigenvalue weighted by Gasteiger charge is 2.05. The van der Waals surface area contributed by atoms with Crippen LogP contribution in [0.25, 0.3) is 10.7 Å². The van der Waals surface area contributed by atoms with Crippen molar-refractivity contribution in [2.24, 2.45) is 0 Å². The Morgan fingerprint density at radius 1 is 1.17 bits per heavy atom. The molecule has 0 bridgehead atoms. The van der Waals surface area contributed by atoms with Crippen LogP contribution in [0.4, 0.5) is 0 Å². The SMILES string of the molecule is CCCCCCCCc1nc(-c2cccs2)n[nH]1. The lowest BCUT2D eigenvalue weighted by Crippen LogP contribution is -1.89. The second-order valence-electron chi connectivity index (χ2n) is 4.60. The summed E-state index contributed by atoms with van der Waals surface area (Å²) in [4.78, 5) is 5.67. The zero-order chi connectivity index (χ0) is 12.6. The van der Waals surface area contributed by atoms with Crippen molar-refractivity contribution in [3.05, 3.63) is 23.3 Å². The molecule has 0 amide bonds. The van der Waals surface area contributed by atoms with Crippen LogP contribution in [0.5, 0.6) is 0 Å². The summed E-state index contributed by atoms with van der Waals surface area (Å²) in [6.45, 7) is 2.25. The summed E-state index contributed by atoms with van der Waals surface area (Å²) in [6.07, 6.45) is 8.92. The number of rotatable bonds is 8. The number of aromatic nitrogens is 3. The Labute approximate surface area is 113 Å². The van der Waals surface area contributed by atoms with E-state index < -0.39 is 0 Å². The molecule has 0 aliphatic carbocycles. The molecule has 18 heavy (non-hydrogen) atoms. The minimum absolute atomic E-state index is 0.839. The normalized spacial score (nSPS) is 10.9. The number of nitrogens with one attached hydrogen (secondary N) is 1. The summed E-state index contributed by atoms with van der Waals surface area (Å²) >= 11 is 1.68. The van der Waals surface area contributed by atoms with Crippen molar-refractivity contribution in [3.8, 4) is 10.7 Å². The molecule has 2 aromatic heterocycles. The van der Waals surface area contributed by atoms with Crippen molar-refractivity contribution in [1.29, 1.82) is 0 Å². The standard InChI is InChI=1S/C14H21N3S/c1-2-3-4-5-6-7-10-13-15-14(17-16-13)12-9-8-11-18-12/h8-9,11H,2-7,10H2,1H3,(H,15,16,17). The van der Waals surface area contributed by atoms with Crippen LogP contribution in [-0.4, -0.2) is 15.2 Å². The van der Waals surface area contributed by atoms with Crippen molar-refractivity contribution in [2.45, 2.75) is 51.9 Å². The lowest BCUT2D eigenvalue weighted by molar-refractivity contribution is 0.601. The first-order valence-electron chi connectivity index (χ1n) is 6.85. The molecule has 0 atom stereocenters. The summed E-state index contributed by atoms with van der Waals surface area (Å²) in [5.41, 5.74) is 0. The predicted molar refractivity (Wildman–Crippen MR) is 76.8 cm³/mol. The first-order chi connectivity index (χ1) is 8.90. The first kappa shape index (κ1) is 13.3. The molecular weight excluding hydrogens is 242 g/mol. The molecule has 2 heterocycles. The minimum Gasteiger partial charge on any atom is -0.263 e. The van der Waals surface area contributed by atoms with E-state index in [2.05, 4.69) is 33.6 Å². The molecule has 0 unspecified atom stereocenters. The number of nitrogens with zero attached hydrogens (tertiary/aromatic N) is 2. The van der Waals surface area contributed by atoms with Gasteiger partial charge in [-0.15, -0.1) is 11.3 Å². The molecule has 0 spiro atoms. The van der Waals surface area contributed by atoms with Gasteiger partial charge in [0, 0.05) is 6.42 Å². The Morgan fingerprint density at radius 2 is 2.00 bits per heavy atom. The van der Waals surface area contributed by atoms with Crippen LogP contribution >= 0.6 is 11.3 Å². The lowest BCUT2D eigenvalue weighted by atomic mass is 10.1. The monoisotopic (exact) mass is 263 g/mol. The van der Waals surface area contributed by atoms with Crippen LogP contribution in [0.3, 0.4) is 0 Å². The number of hydrogen-bond acceptors (Lipinski definition) is 3. The van der Waals surface area contributed by atoms with Crippen molar-refractivity contribution in [3.63, 3.8) is 0 Å². The number of unbranched alkanes of at least 4 members (excludes halogenated alkanes) is 5. The molecule has 3 nitrogen and oxygen atoms in total. The lowest BCUT2D eigenvalue weighted by Gasteiger charge is -1.98. The van der Waals surface area contributed by atoms with E-state index in [0.29, 0.717) is 0 Å². The molecule has 0 aliphatic rings. The quantitative estimate of drug-likeness (QED) is 0.715. The van der Waals surface area contributed by atoms with Gasteiger partial charge in [-0.1, -0.05) is 45.1 Å². The van der Waals surface area contributed by atoms with Crippen molar-refractivity contribution in [2.75, 3.05) is 0 Å². The number of H-pyrrole nitrogens is 1. The van der Waals surface area contributed by atoms with Crippen LogP contribution in [0.15, 0.2) is 17.5 Å². The molecule has 0 saturated heterocycles. The van der Waals surface area contributed by atoms with E-state index in [1.165, 1.54) is 38.5 Å². The van der Waals surface area contributed by atoms with E-state index in [4.69, 9.17) is 0 Å². The van der Waals surface area contributed by atoms with Gasteiger partial charge in [-0.05, 0) is 17.9 Å². The van der Waals surface area contributed by atoms with Crippen LogP contribution in [-0.2, 0) is 6.42 Å². The zero-order valence-corrected chi connectivity index (χ0v) is 11.8. The Bertz CT molecular complexity index is 434. The van der Waals surface area contributed by atoms with Crippen LogP contribution in [0.2, 0.25) is 0 Å². The fourth-order valence-electron chi connectivity index (χ4n) is 2.00. The van der Waals surface area contributed by atoms with Crippen LogP contribution < -0.4 is 0 Å². The van der Waals surface area contributed by atoms with E-state index in [1.54, 1.807) is 11.3 Å². The third-order valence-corrected chi connectivity index (χ3v) is 3.91. The molecule has 0 fully saturated rings. The highest BCUT2D eigenvalue weighted by molar-refractivity contribution is 7.13. The maximum atomic E-state index is 4.53. The molecule has 0 radical (unpaired) electrons. The number of aryl methyl sites for hydroxylation is 1. The van der Waals surface area contributed by atoms with Gasteiger partial charge in [-0.25, -0.2) is 4.98 Å². The molecule has 98 valence electrons. The Kier molecular flexibility index (Phi) is 5.39. The highest BCUT2D eigenvalue weighted by Crippen LogP contribution is 2.20. The summed E-state index contributed by atoms with van der Waals surface area (Å²) in [5.74, 6) is 1.86. The maximum Gasteiger partial charge on any atom is 0.191 e. The molecule has 0 aliphatic heterocycles. The summed E-state index contributed by atoms with van der Waals surface area (Å²) < 4.78 is 0. The van der Waals surface area contributed by atoms with Gasteiger partial charge in [0.2, 0.25) is 0 Å². The van der Waals surface area contributed by atoms with Crippen LogP contribution in [0.1, 0.15) is 51.3 Å². The Hall–Kier alpha value is -1.16. The van der Waals surface area contributed by atoms with Gasteiger partial charge < -0.3 is 0 Å². The average molecular weight is 263 g/mol. The summed E-state index contributed by atoms with van der Waals surface area (Å²) in [5, 5.41) is 9.36. The molecule has 2 aromatic rings. The van der Waals surface area contributed by atoms with Crippen molar-refractivity contribution in [1.82, 2.24) is 15.2 Å². The van der Waals surface area contributed by atoms with E-state index in [9.17, 15) is 0 Å². The Morgan fingerprint density at radius 3 is 2.78 bits per heavy atom.